The van der Waals surface area contributed by atoms with Gasteiger partial charge in [0.05, 0.1) is 10.8 Å². The molecule has 0 spiro atoms. The summed E-state index contributed by atoms with van der Waals surface area (Å²) < 4.78 is 50.8. The summed E-state index contributed by atoms with van der Waals surface area (Å²) in [5, 5.41) is 1.80. The van der Waals surface area contributed by atoms with Gasteiger partial charge >= 0.3 is 12.3 Å². The van der Waals surface area contributed by atoms with E-state index in [1.165, 1.54) is 17.8 Å². The van der Waals surface area contributed by atoms with Gasteiger partial charge in [0, 0.05) is 24.1 Å². The molecule has 218 valence electrons. The number of benzene rings is 1. The van der Waals surface area contributed by atoms with Crippen molar-refractivity contribution >= 4 is 45.4 Å². The van der Waals surface area contributed by atoms with Crippen molar-refractivity contribution in [3.63, 3.8) is 0 Å². The van der Waals surface area contributed by atoms with Gasteiger partial charge in [-0.3, -0.25) is 9.59 Å². The molecule has 1 aliphatic carbocycles. The molecule has 40 heavy (non-hydrogen) atoms. The Bertz CT molecular complexity index is 1190. The number of Topliss-reactive ketones (excluding diaryl/α,β-unsaturated/α-hetero) is 2. The van der Waals surface area contributed by atoms with E-state index in [-0.39, 0.29) is 17.9 Å². The maximum absolute atomic E-state index is 13.0. The Morgan fingerprint density at radius 3 is 2.60 bits per heavy atom. The zero-order chi connectivity index (χ0) is 29.9. The summed E-state index contributed by atoms with van der Waals surface area (Å²) in [6, 6.07) is 4.04. The van der Waals surface area contributed by atoms with E-state index >= 15 is 0 Å². The molecule has 0 saturated heterocycles. The molecule has 0 fully saturated rings. The van der Waals surface area contributed by atoms with E-state index in [0.717, 1.165) is 29.1 Å². The van der Waals surface area contributed by atoms with Crippen molar-refractivity contribution in [3.8, 4) is 5.75 Å². The maximum Gasteiger partial charge on any atom is 0.416 e. The Morgan fingerprint density at radius 2 is 1.98 bits per heavy atom. The number of hydrogen-bond acceptors (Lipinski definition) is 6. The molecule has 0 heterocycles. The fourth-order valence-corrected chi connectivity index (χ4v) is 4.69. The van der Waals surface area contributed by atoms with Gasteiger partial charge in [0.1, 0.15) is 17.6 Å². The minimum absolute atomic E-state index is 0.111. The Morgan fingerprint density at radius 1 is 1.25 bits per heavy atom. The fraction of sp³-hybridized carbons (Fsp3) is 0.414. The average molecular weight is 645 g/mol. The molecular weight excluding hydrogens is 611 g/mol. The quantitative estimate of drug-likeness (QED) is 0.186. The van der Waals surface area contributed by atoms with Gasteiger partial charge in [-0.2, -0.15) is 13.2 Å². The largest absolute Gasteiger partial charge is 0.490 e. The van der Waals surface area contributed by atoms with Crippen LogP contribution < -0.4 is 10.1 Å². The van der Waals surface area contributed by atoms with Crippen LogP contribution >= 0.6 is 27.7 Å². The summed E-state index contributed by atoms with van der Waals surface area (Å²) in [4.78, 5) is 38.1. The van der Waals surface area contributed by atoms with Crippen LogP contribution in [0.25, 0.3) is 0 Å². The number of rotatable bonds is 12. The molecule has 0 aromatic heterocycles. The van der Waals surface area contributed by atoms with E-state index in [0.29, 0.717) is 36.3 Å². The summed E-state index contributed by atoms with van der Waals surface area (Å²) >= 11 is 4.76. The van der Waals surface area contributed by atoms with E-state index in [1.54, 1.807) is 12.2 Å². The Hall–Kier alpha value is -2.79. The molecule has 1 aliphatic rings. The monoisotopic (exact) mass is 643 g/mol. The number of halogens is 4. The van der Waals surface area contributed by atoms with Crippen LogP contribution in [-0.4, -0.2) is 41.3 Å². The Kier molecular flexibility index (Phi) is 13.2. The molecule has 1 aromatic carbocycles. The smallest absolute Gasteiger partial charge is 0.416 e. The second-order valence-corrected chi connectivity index (χ2v) is 11.2. The van der Waals surface area contributed by atoms with Crippen molar-refractivity contribution < 1.29 is 37.0 Å². The van der Waals surface area contributed by atoms with E-state index < -0.39 is 40.8 Å². The van der Waals surface area contributed by atoms with Crippen molar-refractivity contribution in [3.05, 3.63) is 76.0 Å². The normalized spacial score (nSPS) is 18.3. The third-order valence-corrected chi connectivity index (χ3v) is 7.78. The zero-order valence-electron chi connectivity index (χ0n) is 22.6. The molecular formula is C29H33BrF3NO5S. The van der Waals surface area contributed by atoms with Crippen molar-refractivity contribution in [1.82, 2.24) is 5.32 Å². The van der Waals surface area contributed by atoms with Gasteiger partial charge in [0.2, 0.25) is 11.6 Å². The number of nitrogens with one attached hydrogen (secondary N) is 1. The molecule has 6 nitrogen and oxygen atoms in total. The van der Waals surface area contributed by atoms with Gasteiger partial charge in [-0.1, -0.05) is 61.5 Å². The minimum Gasteiger partial charge on any atom is -0.490 e. The highest BCUT2D eigenvalue weighted by Crippen LogP contribution is 2.32. The molecule has 2 rings (SSSR count). The van der Waals surface area contributed by atoms with Gasteiger partial charge in [0.25, 0.3) is 0 Å². The lowest BCUT2D eigenvalue weighted by Crippen LogP contribution is -2.30. The van der Waals surface area contributed by atoms with E-state index in [9.17, 15) is 27.6 Å². The lowest BCUT2D eigenvalue weighted by atomic mass is 9.99. The second kappa shape index (κ2) is 15.9. The van der Waals surface area contributed by atoms with Gasteiger partial charge in [0.15, 0.2) is 0 Å². The van der Waals surface area contributed by atoms with Crippen LogP contribution in [-0.2, 0) is 20.5 Å². The van der Waals surface area contributed by atoms with Crippen molar-refractivity contribution in [2.75, 3.05) is 12.3 Å². The Labute approximate surface area is 245 Å². The summed E-state index contributed by atoms with van der Waals surface area (Å²) in [6.07, 6.45) is 1.41. The minimum atomic E-state index is -4.56. The van der Waals surface area contributed by atoms with Crippen molar-refractivity contribution in [2.45, 2.75) is 64.0 Å². The average Bonchev–Trinajstić information content (AvgIpc) is 2.99. The van der Waals surface area contributed by atoms with Crippen LogP contribution in [0.3, 0.4) is 0 Å². The fourth-order valence-electron chi connectivity index (χ4n) is 3.66. The Balaban J connectivity index is 2.10. The number of carbonyl (C=O) groups is 3. The van der Waals surface area contributed by atoms with Crippen LogP contribution in [0.4, 0.5) is 18.0 Å². The highest BCUT2D eigenvalue weighted by atomic mass is 79.9. The third-order valence-electron chi connectivity index (χ3n) is 5.85. The predicted octanol–water partition coefficient (Wildman–Crippen LogP) is 7.70. The summed E-state index contributed by atoms with van der Waals surface area (Å²) in [7, 11) is 0. The molecule has 1 N–H and O–H groups in total. The van der Waals surface area contributed by atoms with E-state index in [4.69, 9.17) is 9.47 Å². The van der Waals surface area contributed by atoms with Gasteiger partial charge in [-0.25, -0.2) is 4.79 Å². The first-order chi connectivity index (χ1) is 18.9. The third kappa shape index (κ3) is 9.99. The molecule has 0 radical (unpaired) electrons. The zero-order valence-corrected chi connectivity index (χ0v) is 25.0. The summed E-state index contributed by atoms with van der Waals surface area (Å²) in [5.41, 5.74) is -0.414. The number of thioether (sulfide) groups is 1. The topological polar surface area (TPSA) is 81.7 Å². The second-order valence-electron chi connectivity index (χ2n) is 8.72. The molecule has 0 saturated carbocycles. The number of ketones is 2. The van der Waals surface area contributed by atoms with Crippen LogP contribution in [0.5, 0.6) is 5.75 Å². The van der Waals surface area contributed by atoms with Gasteiger partial charge < -0.3 is 14.8 Å². The number of hydrogen-bond donors (Lipinski definition) is 1. The van der Waals surface area contributed by atoms with Crippen LogP contribution in [0, 0.1) is 0 Å². The van der Waals surface area contributed by atoms with Crippen molar-refractivity contribution in [2.24, 2.45) is 0 Å². The van der Waals surface area contributed by atoms with E-state index in [2.05, 4.69) is 27.8 Å². The molecule has 11 heteroatoms. The number of ether oxygens (including phenoxy) is 2. The van der Waals surface area contributed by atoms with Crippen molar-refractivity contribution in [1.29, 1.82) is 0 Å². The molecule has 1 aromatic rings. The standard InChI is InChI=1S/C29H33BrF3NO5S/c1-5-20(30)11-9-13-23-18(4)24(17-25(40-7-3)27(36)26(23)35)38-21(6-2)14-15-34-28(37)39-22-12-8-10-19(16-22)29(31,32)33/h8,10-13,16-17,21,25H,4-7,9,14-15H2,1-3H3,(H,34,37)/b20-11+,23-13+. The lowest BCUT2D eigenvalue weighted by Gasteiger charge is -2.21. The highest BCUT2D eigenvalue weighted by Gasteiger charge is 2.34. The lowest BCUT2D eigenvalue weighted by molar-refractivity contribution is -0.137. The summed E-state index contributed by atoms with van der Waals surface area (Å²) in [5.74, 6) is -0.444. The van der Waals surface area contributed by atoms with Crippen LogP contribution in [0.2, 0.25) is 0 Å². The van der Waals surface area contributed by atoms with Crippen LogP contribution in [0.1, 0.15) is 52.0 Å². The number of allylic oxidation sites excluding steroid dienone is 4. The first kappa shape index (κ1) is 33.4. The number of amides is 1. The maximum atomic E-state index is 13.0. The van der Waals surface area contributed by atoms with Crippen LogP contribution in [0.15, 0.2) is 70.5 Å². The molecule has 1 amide bonds. The first-order valence-electron chi connectivity index (χ1n) is 12.9. The number of alkyl halides is 3. The molecule has 0 bridgehead atoms. The van der Waals surface area contributed by atoms with Gasteiger partial charge in [-0.05, 0) is 53.8 Å². The first-order valence-corrected chi connectivity index (χ1v) is 14.7. The molecule has 0 aliphatic heterocycles. The van der Waals surface area contributed by atoms with E-state index in [1.807, 2.05) is 26.8 Å². The molecule has 2 atom stereocenters. The SMILES string of the molecule is C=C1C(OC(CC)CCNC(=O)Oc2cccc(C(F)(F)F)c2)=CC(SCC)C(=O)C(=O)/C1=C/C/C=C(/Br)CC. The predicted molar refractivity (Wildman–Crippen MR) is 154 cm³/mol. The molecule has 2 unspecified atom stereocenters. The number of carbonyl (C=O) groups excluding carboxylic acids is 3. The summed E-state index contributed by atoms with van der Waals surface area (Å²) in [6.45, 7) is 9.92. The van der Waals surface area contributed by atoms with Gasteiger partial charge in [-0.15, -0.1) is 11.8 Å². The highest BCUT2D eigenvalue weighted by molar-refractivity contribution is 9.11.